The molecule has 0 radical (unpaired) electrons. The Morgan fingerprint density at radius 3 is 2.33 bits per heavy atom. The third-order valence-electron chi connectivity index (χ3n) is 4.99. The van der Waals surface area contributed by atoms with E-state index in [1.807, 2.05) is 79.0 Å². The molecule has 0 saturated heterocycles. The summed E-state index contributed by atoms with van der Waals surface area (Å²) in [5, 5.41) is 7.43. The molecular weight excluding hydrogens is 414 g/mol. The summed E-state index contributed by atoms with van der Waals surface area (Å²) >= 11 is 0. The Morgan fingerprint density at radius 2 is 1.64 bits per heavy atom. The Kier molecular flexibility index (Phi) is 6.72. The van der Waals surface area contributed by atoms with Gasteiger partial charge in [-0.1, -0.05) is 54.3 Å². The van der Waals surface area contributed by atoms with Gasteiger partial charge < -0.3 is 14.8 Å². The van der Waals surface area contributed by atoms with E-state index in [0.717, 1.165) is 16.8 Å². The van der Waals surface area contributed by atoms with Crippen molar-refractivity contribution in [2.45, 2.75) is 0 Å². The molecule has 1 N–H and O–H groups in total. The van der Waals surface area contributed by atoms with E-state index in [9.17, 15) is 4.79 Å². The third kappa shape index (κ3) is 5.05. The number of ether oxygens (including phenoxy) is 2. The van der Waals surface area contributed by atoms with Gasteiger partial charge in [-0.25, -0.2) is 4.68 Å². The molecule has 0 saturated carbocycles. The van der Waals surface area contributed by atoms with Crippen LogP contribution in [0.15, 0.2) is 85.1 Å². The number of aromatic nitrogens is 2. The fourth-order valence-electron chi connectivity index (χ4n) is 3.35. The first-order valence-corrected chi connectivity index (χ1v) is 10.4. The minimum absolute atomic E-state index is 0.206. The number of amides is 1. The van der Waals surface area contributed by atoms with Crippen LogP contribution < -0.4 is 14.8 Å². The van der Waals surface area contributed by atoms with Gasteiger partial charge in [0, 0.05) is 17.3 Å². The second-order valence-electron chi connectivity index (χ2n) is 7.09. The molecule has 0 aliphatic heterocycles. The lowest BCUT2D eigenvalue weighted by Gasteiger charge is -2.09. The summed E-state index contributed by atoms with van der Waals surface area (Å²) in [6, 6.07) is 24.8. The molecule has 6 nitrogen and oxygen atoms in total. The van der Waals surface area contributed by atoms with Gasteiger partial charge in [0.15, 0.2) is 17.2 Å². The van der Waals surface area contributed by atoms with Crippen LogP contribution in [0.5, 0.6) is 11.5 Å². The van der Waals surface area contributed by atoms with E-state index in [4.69, 9.17) is 9.47 Å². The van der Waals surface area contributed by atoms with E-state index in [1.165, 1.54) is 0 Å². The third-order valence-corrected chi connectivity index (χ3v) is 4.99. The minimum Gasteiger partial charge on any atom is -0.493 e. The van der Waals surface area contributed by atoms with Crippen LogP contribution in [0.25, 0.3) is 16.8 Å². The molecule has 0 aliphatic carbocycles. The minimum atomic E-state index is -0.308. The largest absolute Gasteiger partial charge is 0.493 e. The van der Waals surface area contributed by atoms with Gasteiger partial charge in [0.1, 0.15) is 0 Å². The number of nitrogens with zero attached hydrogens (tertiary/aromatic N) is 2. The summed E-state index contributed by atoms with van der Waals surface area (Å²) in [6.07, 6.45) is 1.83. The monoisotopic (exact) mass is 437 g/mol. The molecule has 4 aromatic rings. The molecule has 1 aromatic heterocycles. The molecule has 0 atom stereocenters. The summed E-state index contributed by atoms with van der Waals surface area (Å²) in [5.41, 5.74) is 3.50. The zero-order valence-electron chi connectivity index (χ0n) is 18.4. The first kappa shape index (κ1) is 21.7. The first-order chi connectivity index (χ1) is 16.2. The Bertz CT molecular complexity index is 1300. The first-order valence-electron chi connectivity index (χ1n) is 10.4. The number of hydrogen-bond acceptors (Lipinski definition) is 4. The van der Waals surface area contributed by atoms with E-state index in [0.29, 0.717) is 22.8 Å². The maximum Gasteiger partial charge on any atom is 0.273 e. The van der Waals surface area contributed by atoms with Gasteiger partial charge in [0.2, 0.25) is 0 Å². The van der Waals surface area contributed by atoms with Gasteiger partial charge in [-0.3, -0.25) is 4.79 Å². The van der Waals surface area contributed by atoms with E-state index in [2.05, 4.69) is 22.3 Å². The van der Waals surface area contributed by atoms with Crippen molar-refractivity contribution in [2.75, 3.05) is 20.8 Å². The van der Waals surface area contributed by atoms with Crippen molar-refractivity contribution in [2.24, 2.45) is 0 Å². The van der Waals surface area contributed by atoms with Crippen molar-refractivity contribution >= 4 is 5.91 Å². The Labute approximate surface area is 192 Å². The highest BCUT2D eigenvalue weighted by molar-refractivity contribution is 5.99. The lowest BCUT2D eigenvalue weighted by Crippen LogP contribution is -2.24. The average molecular weight is 437 g/mol. The van der Waals surface area contributed by atoms with Crippen LogP contribution in [0.1, 0.15) is 16.1 Å². The van der Waals surface area contributed by atoms with Crippen molar-refractivity contribution in [1.82, 2.24) is 15.1 Å². The van der Waals surface area contributed by atoms with E-state index >= 15 is 0 Å². The molecule has 1 amide bonds. The van der Waals surface area contributed by atoms with Crippen LogP contribution >= 0.6 is 0 Å². The van der Waals surface area contributed by atoms with Gasteiger partial charge in [-0.05, 0) is 42.0 Å². The quantitative estimate of drug-likeness (QED) is 0.456. The van der Waals surface area contributed by atoms with Crippen molar-refractivity contribution in [3.8, 4) is 40.2 Å². The maximum absolute atomic E-state index is 13.1. The Balaban J connectivity index is 1.65. The summed E-state index contributed by atoms with van der Waals surface area (Å²) < 4.78 is 12.5. The second kappa shape index (κ2) is 10.2. The highest BCUT2D eigenvalue weighted by Gasteiger charge is 2.20. The lowest BCUT2D eigenvalue weighted by atomic mass is 10.1. The topological polar surface area (TPSA) is 65.4 Å². The van der Waals surface area contributed by atoms with Crippen molar-refractivity contribution in [1.29, 1.82) is 0 Å². The van der Waals surface area contributed by atoms with Crippen LogP contribution in [0.3, 0.4) is 0 Å². The van der Waals surface area contributed by atoms with Gasteiger partial charge in [0.05, 0.1) is 26.5 Å². The van der Waals surface area contributed by atoms with Crippen LogP contribution in [0, 0.1) is 11.8 Å². The highest BCUT2D eigenvalue weighted by Crippen LogP contribution is 2.34. The van der Waals surface area contributed by atoms with Crippen molar-refractivity contribution in [3.05, 3.63) is 96.3 Å². The fourth-order valence-corrected chi connectivity index (χ4v) is 3.35. The number of para-hydroxylation sites is 1. The number of carbonyl (C=O) groups is 1. The molecule has 1 heterocycles. The van der Waals surface area contributed by atoms with Crippen LogP contribution in [0.2, 0.25) is 0 Å². The molecule has 33 heavy (non-hydrogen) atoms. The zero-order valence-corrected chi connectivity index (χ0v) is 18.4. The number of nitrogens with one attached hydrogen (secondary N) is 1. The fraction of sp³-hybridized carbons (Fsp3) is 0.111. The van der Waals surface area contributed by atoms with Crippen molar-refractivity contribution < 1.29 is 14.3 Å². The van der Waals surface area contributed by atoms with Crippen LogP contribution in [0.4, 0.5) is 0 Å². The van der Waals surface area contributed by atoms with Crippen LogP contribution in [-0.2, 0) is 0 Å². The lowest BCUT2D eigenvalue weighted by molar-refractivity contribution is 0.0954. The van der Waals surface area contributed by atoms with E-state index in [-0.39, 0.29) is 12.5 Å². The molecule has 0 spiro atoms. The van der Waals surface area contributed by atoms with Crippen LogP contribution in [-0.4, -0.2) is 36.5 Å². The summed E-state index contributed by atoms with van der Waals surface area (Å²) in [4.78, 5) is 13.1. The SMILES string of the molecule is COc1ccc(-c2cn(-c3ccccc3)nc2C(=O)NCC#Cc2ccccc2)cc1OC. The standard InChI is InChI=1S/C27H23N3O3/c1-32-24-16-15-21(18-25(24)33-2)23-19-30(22-13-7-4-8-14-22)29-26(23)27(31)28-17-9-12-20-10-5-3-6-11-20/h3-8,10-11,13-16,18-19H,17H2,1-2H3,(H,28,31). The zero-order chi connectivity index (χ0) is 23.0. The molecule has 0 unspecified atom stereocenters. The number of methoxy groups -OCH3 is 2. The van der Waals surface area contributed by atoms with Gasteiger partial charge in [-0.2, -0.15) is 5.10 Å². The molecule has 0 bridgehead atoms. The molecule has 0 fully saturated rings. The maximum atomic E-state index is 13.1. The molecule has 164 valence electrons. The predicted octanol–water partition coefficient (Wildman–Crippen LogP) is 4.34. The Morgan fingerprint density at radius 1 is 0.939 bits per heavy atom. The number of benzene rings is 3. The molecule has 3 aromatic carbocycles. The molecule has 4 rings (SSSR count). The van der Waals surface area contributed by atoms with E-state index in [1.54, 1.807) is 25.0 Å². The van der Waals surface area contributed by atoms with E-state index < -0.39 is 0 Å². The second-order valence-corrected chi connectivity index (χ2v) is 7.09. The van der Waals surface area contributed by atoms with Gasteiger partial charge >= 0.3 is 0 Å². The molecular formula is C27H23N3O3. The normalized spacial score (nSPS) is 10.1. The summed E-state index contributed by atoms with van der Waals surface area (Å²) in [7, 11) is 3.16. The Hall–Kier alpha value is -4.50. The summed E-state index contributed by atoms with van der Waals surface area (Å²) in [5.74, 6) is 6.89. The highest BCUT2D eigenvalue weighted by atomic mass is 16.5. The number of hydrogen-bond donors (Lipinski definition) is 1. The number of rotatable bonds is 6. The summed E-state index contributed by atoms with van der Waals surface area (Å²) in [6.45, 7) is 0.206. The van der Waals surface area contributed by atoms with Crippen molar-refractivity contribution in [3.63, 3.8) is 0 Å². The number of carbonyl (C=O) groups excluding carboxylic acids is 1. The molecule has 0 aliphatic rings. The average Bonchev–Trinajstić information content (AvgIpc) is 3.33. The smallest absolute Gasteiger partial charge is 0.273 e. The van der Waals surface area contributed by atoms with Gasteiger partial charge in [0.25, 0.3) is 5.91 Å². The molecule has 6 heteroatoms. The predicted molar refractivity (Wildman–Crippen MR) is 128 cm³/mol. The van der Waals surface area contributed by atoms with Gasteiger partial charge in [-0.15, -0.1) is 0 Å².